The highest BCUT2D eigenvalue weighted by molar-refractivity contribution is 5.99. The van der Waals surface area contributed by atoms with Crippen LogP contribution in [0.15, 0.2) is 54.6 Å². The van der Waals surface area contributed by atoms with Crippen molar-refractivity contribution < 1.29 is 23.9 Å². The van der Waals surface area contributed by atoms with Gasteiger partial charge < -0.3 is 24.6 Å². The van der Waals surface area contributed by atoms with Gasteiger partial charge in [0.15, 0.2) is 0 Å². The maximum atomic E-state index is 12.9. The van der Waals surface area contributed by atoms with Crippen LogP contribution in [0.25, 0.3) is 0 Å². The number of hydrogen-bond donors (Lipinski definition) is 1. The molecule has 0 saturated carbocycles. The number of rotatable bonds is 6. The van der Waals surface area contributed by atoms with Crippen molar-refractivity contribution in [3.05, 3.63) is 65.7 Å². The summed E-state index contributed by atoms with van der Waals surface area (Å²) in [7, 11) is 1.54. The van der Waals surface area contributed by atoms with E-state index in [4.69, 9.17) is 9.47 Å². The van der Waals surface area contributed by atoms with Gasteiger partial charge in [0.05, 0.1) is 26.9 Å². The van der Waals surface area contributed by atoms with Crippen LogP contribution < -0.4 is 10.1 Å². The zero-order valence-electron chi connectivity index (χ0n) is 17.3. The van der Waals surface area contributed by atoms with Crippen molar-refractivity contribution in [1.82, 2.24) is 15.1 Å². The molecule has 162 valence electrons. The average molecular weight is 423 g/mol. The third-order valence-corrected chi connectivity index (χ3v) is 5.58. The normalized spacial score (nSPS) is 20.8. The van der Waals surface area contributed by atoms with Gasteiger partial charge in [0.25, 0.3) is 5.91 Å². The molecule has 8 heteroatoms. The highest BCUT2D eigenvalue weighted by Crippen LogP contribution is 2.20. The summed E-state index contributed by atoms with van der Waals surface area (Å²) < 4.78 is 10.8. The molecule has 0 bridgehead atoms. The third kappa shape index (κ3) is 4.54. The molecule has 2 aromatic carbocycles. The van der Waals surface area contributed by atoms with Gasteiger partial charge in [0.1, 0.15) is 17.8 Å². The predicted molar refractivity (Wildman–Crippen MR) is 112 cm³/mol. The number of hydrogen-bond acceptors (Lipinski definition) is 5. The van der Waals surface area contributed by atoms with E-state index >= 15 is 0 Å². The largest absolute Gasteiger partial charge is 0.497 e. The molecule has 4 rings (SSSR count). The van der Waals surface area contributed by atoms with Crippen LogP contribution in [0, 0.1) is 0 Å². The Bertz CT molecular complexity index is 965. The van der Waals surface area contributed by atoms with Gasteiger partial charge in [0, 0.05) is 18.7 Å². The Morgan fingerprint density at radius 2 is 1.90 bits per heavy atom. The first-order valence-electron chi connectivity index (χ1n) is 10.2. The van der Waals surface area contributed by atoms with Gasteiger partial charge >= 0.3 is 0 Å². The zero-order valence-corrected chi connectivity index (χ0v) is 17.3. The lowest BCUT2D eigenvalue weighted by Gasteiger charge is -2.45. The first-order valence-corrected chi connectivity index (χ1v) is 10.2. The second-order valence-corrected chi connectivity index (χ2v) is 7.59. The van der Waals surface area contributed by atoms with Crippen LogP contribution in [0.5, 0.6) is 5.75 Å². The lowest BCUT2D eigenvalue weighted by atomic mass is 10.0. The van der Waals surface area contributed by atoms with Gasteiger partial charge in [-0.2, -0.15) is 0 Å². The number of ether oxygens (including phenoxy) is 2. The predicted octanol–water partition coefficient (Wildman–Crippen LogP) is 1.06. The van der Waals surface area contributed by atoms with Crippen molar-refractivity contribution in [2.45, 2.75) is 18.7 Å². The van der Waals surface area contributed by atoms with Crippen LogP contribution in [0.2, 0.25) is 0 Å². The number of carbonyl (C=O) groups is 3. The van der Waals surface area contributed by atoms with E-state index in [0.717, 1.165) is 5.56 Å². The molecule has 8 nitrogen and oxygen atoms in total. The number of nitrogens with one attached hydrogen (secondary N) is 1. The van der Waals surface area contributed by atoms with Gasteiger partial charge in [-0.1, -0.05) is 36.4 Å². The van der Waals surface area contributed by atoms with Crippen LogP contribution in [0.1, 0.15) is 15.9 Å². The van der Waals surface area contributed by atoms with Crippen LogP contribution in [0.4, 0.5) is 0 Å². The molecular weight excluding hydrogens is 398 g/mol. The van der Waals surface area contributed by atoms with Gasteiger partial charge in [-0.3, -0.25) is 14.4 Å². The number of piperazine rings is 2. The van der Waals surface area contributed by atoms with Crippen LogP contribution in [-0.4, -0.2) is 73.0 Å². The fraction of sp³-hybridized carbons (Fsp3) is 0.348. The molecule has 0 aliphatic carbocycles. The van der Waals surface area contributed by atoms with Crippen molar-refractivity contribution in [3.8, 4) is 5.75 Å². The van der Waals surface area contributed by atoms with Crippen molar-refractivity contribution in [1.29, 1.82) is 0 Å². The molecule has 2 atom stereocenters. The second-order valence-electron chi connectivity index (χ2n) is 7.59. The molecule has 0 aromatic heterocycles. The summed E-state index contributed by atoms with van der Waals surface area (Å²) in [5.74, 6) is -0.0391. The Labute approximate surface area is 180 Å². The van der Waals surface area contributed by atoms with Gasteiger partial charge in [0.2, 0.25) is 11.8 Å². The fourth-order valence-corrected chi connectivity index (χ4v) is 3.91. The van der Waals surface area contributed by atoms with E-state index in [-0.39, 0.29) is 30.9 Å². The molecule has 3 amide bonds. The van der Waals surface area contributed by atoms with Gasteiger partial charge in [-0.25, -0.2) is 0 Å². The highest BCUT2D eigenvalue weighted by Gasteiger charge is 2.44. The molecule has 0 radical (unpaired) electrons. The van der Waals surface area contributed by atoms with E-state index < -0.39 is 12.1 Å². The number of methoxy groups -OCH3 is 1. The van der Waals surface area contributed by atoms with E-state index in [1.807, 2.05) is 30.3 Å². The summed E-state index contributed by atoms with van der Waals surface area (Å²) >= 11 is 0. The quantitative estimate of drug-likeness (QED) is 0.751. The van der Waals surface area contributed by atoms with Crippen LogP contribution in [0.3, 0.4) is 0 Å². The summed E-state index contributed by atoms with van der Waals surface area (Å²) in [6.45, 7) is 1.30. The number of fused-ring (bicyclic) bond motifs is 1. The minimum atomic E-state index is -0.715. The van der Waals surface area contributed by atoms with Crippen molar-refractivity contribution in [2.75, 3.05) is 33.4 Å². The SMILES string of the molecule is COc1cccc(C(=O)N2CCN3C(=O)[C@H](COCc4ccccc4)NC(=O)[C@H]3C2)c1. The number of nitrogens with zero attached hydrogens (tertiary/aromatic N) is 2. The Kier molecular flexibility index (Phi) is 6.18. The van der Waals surface area contributed by atoms with E-state index in [9.17, 15) is 14.4 Å². The number of amides is 3. The summed E-state index contributed by atoms with van der Waals surface area (Å²) in [4.78, 5) is 41.6. The van der Waals surface area contributed by atoms with Crippen molar-refractivity contribution in [3.63, 3.8) is 0 Å². The molecule has 2 aliphatic rings. The Morgan fingerprint density at radius 3 is 2.68 bits per heavy atom. The topological polar surface area (TPSA) is 88.2 Å². The van der Waals surface area contributed by atoms with E-state index in [2.05, 4.69) is 5.32 Å². The molecule has 2 aromatic rings. The van der Waals surface area contributed by atoms with Crippen molar-refractivity contribution in [2.24, 2.45) is 0 Å². The molecule has 2 saturated heterocycles. The van der Waals surface area contributed by atoms with Crippen molar-refractivity contribution >= 4 is 17.7 Å². The van der Waals surface area contributed by atoms with Gasteiger partial charge in [-0.15, -0.1) is 0 Å². The first kappa shape index (κ1) is 20.9. The second kappa shape index (κ2) is 9.18. The number of benzene rings is 2. The minimum absolute atomic E-state index is 0.106. The molecule has 0 unspecified atom stereocenters. The summed E-state index contributed by atoms with van der Waals surface area (Å²) in [5.41, 5.74) is 1.49. The molecule has 1 N–H and O–H groups in total. The summed E-state index contributed by atoms with van der Waals surface area (Å²) in [6, 6.07) is 15.1. The minimum Gasteiger partial charge on any atom is -0.497 e. The third-order valence-electron chi connectivity index (χ3n) is 5.58. The highest BCUT2D eigenvalue weighted by atomic mass is 16.5. The molecule has 2 fully saturated rings. The lowest BCUT2D eigenvalue weighted by molar-refractivity contribution is -0.154. The smallest absolute Gasteiger partial charge is 0.254 e. The monoisotopic (exact) mass is 423 g/mol. The molecule has 2 aliphatic heterocycles. The molecule has 2 heterocycles. The van der Waals surface area contributed by atoms with Crippen LogP contribution >= 0.6 is 0 Å². The fourth-order valence-electron chi connectivity index (χ4n) is 3.91. The lowest BCUT2D eigenvalue weighted by Crippen LogP contribution is -2.70. The summed E-state index contributed by atoms with van der Waals surface area (Å²) in [5, 5.41) is 2.76. The Balaban J connectivity index is 1.36. The van der Waals surface area contributed by atoms with Crippen LogP contribution in [-0.2, 0) is 20.9 Å². The van der Waals surface area contributed by atoms with E-state index in [1.165, 1.54) is 0 Å². The summed E-state index contributed by atoms with van der Waals surface area (Å²) in [6.07, 6.45) is 0. The zero-order chi connectivity index (χ0) is 21.8. The molecule has 31 heavy (non-hydrogen) atoms. The van der Waals surface area contributed by atoms with E-state index in [1.54, 1.807) is 41.2 Å². The maximum absolute atomic E-state index is 12.9. The Morgan fingerprint density at radius 1 is 1.10 bits per heavy atom. The average Bonchev–Trinajstić information content (AvgIpc) is 2.82. The molecule has 0 spiro atoms. The number of carbonyl (C=O) groups excluding carboxylic acids is 3. The van der Waals surface area contributed by atoms with Gasteiger partial charge in [-0.05, 0) is 23.8 Å². The Hall–Kier alpha value is -3.39. The first-order chi connectivity index (χ1) is 15.1. The standard InChI is InChI=1S/C23H25N3O5/c1-30-18-9-5-8-17(12-18)22(28)25-10-11-26-20(13-25)21(27)24-19(23(26)29)15-31-14-16-6-3-2-4-7-16/h2-9,12,19-20H,10-11,13-15H2,1H3,(H,24,27)/t19-,20+/m0/s1. The maximum Gasteiger partial charge on any atom is 0.254 e. The van der Waals surface area contributed by atoms with E-state index in [0.29, 0.717) is 31.0 Å². The molecular formula is C23H25N3O5.